The fraction of sp³-hybridized carbons (Fsp3) is 0.682. The maximum Gasteiger partial charge on any atom is 0.231 e. The quantitative estimate of drug-likeness (QED) is 0.862. The summed E-state index contributed by atoms with van der Waals surface area (Å²) in [4.78, 5) is 17.8. The molecule has 1 saturated heterocycles. The maximum atomic E-state index is 14.2. The van der Waals surface area contributed by atoms with Crippen molar-refractivity contribution in [1.29, 1.82) is 0 Å². The molecule has 3 fully saturated rings. The van der Waals surface area contributed by atoms with Gasteiger partial charge in [-0.25, -0.2) is 4.39 Å². The van der Waals surface area contributed by atoms with Gasteiger partial charge in [0.25, 0.3) is 0 Å². The highest BCUT2D eigenvalue weighted by molar-refractivity contribution is 5.85. The third kappa shape index (κ3) is 3.40. The molecule has 4 atom stereocenters. The number of amides is 1. The summed E-state index contributed by atoms with van der Waals surface area (Å²) >= 11 is 0. The number of carbonyl (C=O) groups excluding carboxylic acids is 1. The van der Waals surface area contributed by atoms with Gasteiger partial charge in [0, 0.05) is 32.2 Å². The van der Waals surface area contributed by atoms with Gasteiger partial charge in [-0.15, -0.1) is 0 Å². The van der Waals surface area contributed by atoms with E-state index in [-0.39, 0.29) is 11.7 Å². The van der Waals surface area contributed by atoms with Gasteiger partial charge >= 0.3 is 0 Å². The molecule has 0 bridgehead atoms. The first kappa shape index (κ1) is 18.9. The molecule has 1 aromatic rings. The van der Waals surface area contributed by atoms with E-state index < -0.39 is 5.41 Å². The van der Waals surface area contributed by atoms with E-state index in [4.69, 9.17) is 0 Å². The minimum atomic E-state index is -0.485. The fourth-order valence-electron chi connectivity index (χ4n) is 5.62. The summed E-state index contributed by atoms with van der Waals surface area (Å²) in [5.74, 6) is 1.49. The molecular formula is C22H32FN3O. The minimum absolute atomic E-state index is 0.193. The van der Waals surface area contributed by atoms with E-state index >= 15 is 0 Å². The minimum Gasteiger partial charge on any atom is -0.342 e. The summed E-state index contributed by atoms with van der Waals surface area (Å²) in [5.41, 5.74) is 0.165. The first-order valence-electron chi connectivity index (χ1n) is 10.3. The highest BCUT2D eigenvalue weighted by atomic mass is 19.1. The number of halogens is 1. The van der Waals surface area contributed by atoms with Crippen LogP contribution in [0.5, 0.6) is 0 Å². The van der Waals surface area contributed by atoms with Crippen LogP contribution < -0.4 is 5.32 Å². The van der Waals surface area contributed by atoms with Crippen molar-refractivity contribution in [3.8, 4) is 0 Å². The lowest BCUT2D eigenvalue weighted by Crippen LogP contribution is -2.63. The number of benzene rings is 1. The molecule has 1 aromatic carbocycles. The van der Waals surface area contributed by atoms with Gasteiger partial charge in [-0.1, -0.05) is 18.2 Å². The third-order valence-electron chi connectivity index (χ3n) is 7.43. The monoisotopic (exact) mass is 373 g/mol. The van der Waals surface area contributed by atoms with Gasteiger partial charge in [-0.3, -0.25) is 4.79 Å². The molecular weight excluding hydrogens is 341 g/mol. The fourth-order valence-corrected chi connectivity index (χ4v) is 5.62. The number of nitrogens with one attached hydrogen (secondary N) is 1. The third-order valence-corrected chi connectivity index (χ3v) is 7.43. The predicted molar refractivity (Wildman–Crippen MR) is 105 cm³/mol. The molecule has 1 heterocycles. The van der Waals surface area contributed by atoms with Crippen LogP contribution in [0.2, 0.25) is 0 Å². The van der Waals surface area contributed by atoms with Gasteiger partial charge < -0.3 is 15.1 Å². The number of rotatable bonds is 5. The van der Waals surface area contributed by atoms with Crippen LogP contribution in [0.3, 0.4) is 0 Å². The Hall–Kier alpha value is -1.46. The van der Waals surface area contributed by atoms with Gasteiger partial charge in [-0.05, 0) is 69.7 Å². The summed E-state index contributed by atoms with van der Waals surface area (Å²) < 4.78 is 14.2. The Morgan fingerprint density at radius 2 is 1.67 bits per heavy atom. The average molecular weight is 374 g/mol. The van der Waals surface area contributed by atoms with Crippen LogP contribution in [0.4, 0.5) is 4.39 Å². The second-order valence-electron chi connectivity index (χ2n) is 9.30. The number of nitrogens with zero attached hydrogens (tertiary/aromatic N) is 2. The Morgan fingerprint density at radius 3 is 2.19 bits per heavy atom. The molecule has 1 N–H and O–H groups in total. The predicted octanol–water partition coefficient (Wildman–Crippen LogP) is 2.54. The van der Waals surface area contributed by atoms with Crippen molar-refractivity contribution in [2.45, 2.75) is 44.2 Å². The van der Waals surface area contributed by atoms with E-state index in [1.54, 1.807) is 6.07 Å². The Bertz CT molecular complexity index is 689. The molecule has 4 nitrogen and oxygen atoms in total. The van der Waals surface area contributed by atoms with Crippen molar-refractivity contribution < 1.29 is 9.18 Å². The normalized spacial score (nSPS) is 31.6. The lowest BCUT2D eigenvalue weighted by molar-refractivity contribution is -0.146. The topological polar surface area (TPSA) is 35.6 Å². The standard InChI is InChI=1S/C22H32FN3O/c1-25(2)18-8-16-10-19(11-17(16)9-18)26(3)21(27)22(13-24-14-22)12-15-6-4-5-7-20(15)23/h4-7,16-19,24H,8-14H2,1-3H3/t16-,17+,18?,19?. The molecule has 0 spiro atoms. The van der Waals surface area contributed by atoms with Crippen LogP contribution >= 0.6 is 0 Å². The Kier molecular flexibility index (Phi) is 5.02. The van der Waals surface area contributed by atoms with Crippen molar-refractivity contribution in [2.75, 3.05) is 34.2 Å². The van der Waals surface area contributed by atoms with E-state index in [1.807, 2.05) is 24.1 Å². The summed E-state index contributed by atoms with van der Waals surface area (Å²) in [5, 5.41) is 3.25. The van der Waals surface area contributed by atoms with Crippen LogP contribution in [-0.4, -0.2) is 62.0 Å². The number of carbonyl (C=O) groups is 1. The number of fused-ring (bicyclic) bond motifs is 1. The van der Waals surface area contributed by atoms with Crippen LogP contribution in [0.1, 0.15) is 31.2 Å². The lowest BCUT2D eigenvalue weighted by atomic mass is 9.74. The zero-order chi connectivity index (χ0) is 19.2. The average Bonchev–Trinajstić information content (AvgIpc) is 3.17. The molecule has 4 rings (SSSR count). The van der Waals surface area contributed by atoms with Crippen molar-refractivity contribution in [3.63, 3.8) is 0 Å². The van der Waals surface area contributed by atoms with Gasteiger partial charge in [0.05, 0.1) is 5.41 Å². The van der Waals surface area contributed by atoms with Gasteiger partial charge in [-0.2, -0.15) is 0 Å². The molecule has 0 aromatic heterocycles. The highest BCUT2D eigenvalue weighted by Gasteiger charge is 2.50. The number of hydrogen-bond donors (Lipinski definition) is 1. The summed E-state index contributed by atoms with van der Waals surface area (Å²) in [6.07, 6.45) is 5.26. The first-order valence-corrected chi connectivity index (χ1v) is 10.3. The van der Waals surface area contributed by atoms with Gasteiger partial charge in [0.15, 0.2) is 0 Å². The summed E-state index contributed by atoms with van der Waals surface area (Å²) in [6, 6.07) is 7.90. The molecule has 0 radical (unpaired) electrons. The largest absolute Gasteiger partial charge is 0.342 e. The van der Waals surface area contributed by atoms with Gasteiger partial charge in [0.1, 0.15) is 5.82 Å². The molecule has 1 aliphatic heterocycles. The summed E-state index contributed by atoms with van der Waals surface area (Å²) in [7, 11) is 6.32. The van der Waals surface area contributed by atoms with Crippen LogP contribution in [0.25, 0.3) is 0 Å². The zero-order valence-corrected chi connectivity index (χ0v) is 16.7. The lowest BCUT2D eigenvalue weighted by Gasteiger charge is -2.45. The summed E-state index contributed by atoms with van der Waals surface area (Å²) in [6.45, 7) is 1.29. The maximum absolute atomic E-state index is 14.2. The molecule has 3 aliphatic rings. The van der Waals surface area contributed by atoms with Crippen LogP contribution in [0.15, 0.2) is 24.3 Å². The smallest absolute Gasteiger partial charge is 0.231 e. The van der Waals surface area contributed by atoms with Crippen molar-refractivity contribution in [3.05, 3.63) is 35.6 Å². The van der Waals surface area contributed by atoms with Crippen LogP contribution in [-0.2, 0) is 11.2 Å². The molecule has 5 heteroatoms. The first-order chi connectivity index (χ1) is 12.9. The Balaban J connectivity index is 1.42. The highest BCUT2D eigenvalue weighted by Crippen LogP contribution is 2.47. The molecule has 27 heavy (non-hydrogen) atoms. The Morgan fingerprint density at radius 1 is 1.07 bits per heavy atom. The molecule has 1 amide bonds. The molecule has 2 aliphatic carbocycles. The van der Waals surface area contributed by atoms with E-state index in [1.165, 1.54) is 18.9 Å². The van der Waals surface area contributed by atoms with E-state index in [0.717, 1.165) is 24.7 Å². The van der Waals surface area contributed by atoms with Crippen LogP contribution in [0, 0.1) is 23.1 Å². The second-order valence-corrected chi connectivity index (χ2v) is 9.30. The molecule has 148 valence electrons. The second kappa shape index (κ2) is 7.17. The van der Waals surface area contributed by atoms with Crippen molar-refractivity contribution >= 4 is 5.91 Å². The molecule has 2 saturated carbocycles. The molecule has 2 unspecified atom stereocenters. The Labute approximate surface area is 162 Å². The number of hydrogen-bond acceptors (Lipinski definition) is 3. The van der Waals surface area contributed by atoms with Crippen molar-refractivity contribution in [1.82, 2.24) is 15.1 Å². The van der Waals surface area contributed by atoms with E-state index in [0.29, 0.717) is 37.2 Å². The SMILES string of the molecule is CN(C)C1C[C@@H]2CC(N(C)C(=O)C3(Cc4ccccc4F)CNC3)C[C@@H]2C1. The zero-order valence-electron chi connectivity index (χ0n) is 16.7. The van der Waals surface area contributed by atoms with Crippen molar-refractivity contribution in [2.24, 2.45) is 17.3 Å². The van der Waals surface area contributed by atoms with E-state index in [2.05, 4.69) is 24.3 Å². The van der Waals surface area contributed by atoms with E-state index in [9.17, 15) is 9.18 Å². The van der Waals surface area contributed by atoms with Gasteiger partial charge in [0.2, 0.25) is 5.91 Å².